The molecule has 0 bridgehead atoms. The third-order valence-corrected chi connectivity index (χ3v) is 3.75. The summed E-state index contributed by atoms with van der Waals surface area (Å²) in [6, 6.07) is 18.8. The minimum absolute atomic E-state index is 0.196. The highest BCUT2D eigenvalue weighted by molar-refractivity contribution is 5.92. The summed E-state index contributed by atoms with van der Waals surface area (Å²) in [5, 5.41) is 6.77. The number of aromatic nitrogens is 1. The summed E-state index contributed by atoms with van der Waals surface area (Å²) in [5.74, 6) is 3.06. The van der Waals surface area contributed by atoms with Crippen LogP contribution in [0.1, 0.15) is 16.1 Å². The van der Waals surface area contributed by atoms with E-state index in [0.29, 0.717) is 18.7 Å². The van der Waals surface area contributed by atoms with Crippen LogP contribution in [0.15, 0.2) is 65.2 Å². The van der Waals surface area contributed by atoms with Crippen LogP contribution in [-0.2, 0) is 6.42 Å². The molecule has 0 spiro atoms. The molecule has 0 aliphatic carbocycles. The number of hydrogen-bond donors (Lipinski definition) is 1. The lowest BCUT2D eigenvalue weighted by molar-refractivity contribution is 0.0917. The van der Waals surface area contributed by atoms with Gasteiger partial charge in [-0.05, 0) is 24.1 Å². The monoisotopic (exact) mass is 346 g/mol. The van der Waals surface area contributed by atoms with Gasteiger partial charge in [-0.1, -0.05) is 53.5 Å². The van der Waals surface area contributed by atoms with Crippen LogP contribution in [0.25, 0.3) is 11.3 Å². The van der Waals surface area contributed by atoms with Crippen molar-refractivity contribution in [1.29, 1.82) is 0 Å². The number of benzene rings is 2. The van der Waals surface area contributed by atoms with Gasteiger partial charge >= 0.3 is 0 Å². The Kier molecular flexibility index (Phi) is 5.69. The first-order valence-corrected chi connectivity index (χ1v) is 8.22. The number of nitrogens with one attached hydrogen (secondary N) is 1. The lowest BCUT2D eigenvalue weighted by Gasteiger charge is -2.05. The molecule has 2 aromatic carbocycles. The van der Waals surface area contributed by atoms with E-state index in [2.05, 4.69) is 16.4 Å². The number of hydrogen-bond acceptors (Lipinski definition) is 4. The lowest BCUT2D eigenvalue weighted by Crippen LogP contribution is -2.25. The van der Waals surface area contributed by atoms with E-state index >= 15 is 0 Å². The van der Waals surface area contributed by atoms with Crippen LogP contribution in [0.5, 0.6) is 5.75 Å². The zero-order valence-corrected chi connectivity index (χ0v) is 14.1. The van der Waals surface area contributed by atoms with Crippen molar-refractivity contribution in [2.75, 3.05) is 13.2 Å². The van der Waals surface area contributed by atoms with E-state index in [9.17, 15) is 4.79 Å². The molecule has 26 heavy (non-hydrogen) atoms. The molecule has 5 nitrogen and oxygen atoms in total. The third-order valence-electron chi connectivity index (χ3n) is 3.75. The first-order valence-electron chi connectivity index (χ1n) is 8.22. The van der Waals surface area contributed by atoms with Gasteiger partial charge in [0.1, 0.15) is 18.1 Å². The fraction of sp³-hybridized carbons (Fsp3) is 0.143. The summed E-state index contributed by atoms with van der Waals surface area (Å²) >= 11 is 0. The van der Waals surface area contributed by atoms with E-state index in [1.54, 1.807) is 6.07 Å². The molecule has 5 heteroatoms. The molecule has 1 aromatic heterocycles. The number of terminal acetylenes is 1. The fourth-order valence-electron chi connectivity index (χ4n) is 2.41. The van der Waals surface area contributed by atoms with Gasteiger partial charge in [0.2, 0.25) is 5.76 Å². The maximum absolute atomic E-state index is 12.2. The smallest absolute Gasteiger partial charge is 0.289 e. The fourth-order valence-corrected chi connectivity index (χ4v) is 2.41. The number of nitrogens with zero attached hydrogens (tertiary/aromatic N) is 1. The number of carbonyl (C=O) groups excluding carboxylic acids is 1. The molecule has 0 radical (unpaired) electrons. The molecule has 0 saturated carbocycles. The molecular formula is C21H18N2O3. The van der Waals surface area contributed by atoms with Crippen molar-refractivity contribution in [3.8, 4) is 29.4 Å². The predicted octanol–water partition coefficient (Wildman–Crippen LogP) is 3.33. The van der Waals surface area contributed by atoms with Gasteiger partial charge < -0.3 is 14.6 Å². The minimum Gasteiger partial charge on any atom is -0.481 e. The molecule has 0 aliphatic rings. The Labute approximate surface area is 152 Å². The standard InChI is InChI=1S/C21H18N2O3/c1-2-14-25-18-10-8-16(9-11-18)12-13-22-21(24)20-15-19(23-26-20)17-6-4-3-5-7-17/h1,3-11,15H,12-14H2,(H,22,24). The van der Waals surface area contributed by atoms with E-state index in [1.165, 1.54) is 0 Å². The highest BCUT2D eigenvalue weighted by atomic mass is 16.5. The number of carbonyl (C=O) groups is 1. The first kappa shape index (κ1) is 17.3. The first-order chi connectivity index (χ1) is 12.8. The second-order valence-corrected chi connectivity index (χ2v) is 5.59. The zero-order valence-electron chi connectivity index (χ0n) is 14.1. The minimum atomic E-state index is -0.284. The molecule has 0 saturated heterocycles. The van der Waals surface area contributed by atoms with Gasteiger partial charge in [0.05, 0.1) is 0 Å². The molecule has 130 valence electrons. The van der Waals surface area contributed by atoms with Gasteiger partial charge in [0.15, 0.2) is 0 Å². The number of rotatable bonds is 7. The molecule has 0 atom stereocenters. The maximum Gasteiger partial charge on any atom is 0.289 e. The summed E-state index contributed by atoms with van der Waals surface area (Å²) in [4.78, 5) is 12.2. The Hall–Kier alpha value is -3.52. The van der Waals surface area contributed by atoms with Crippen molar-refractivity contribution in [2.45, 2.75) is 6.42 Å². The molecular weight excluding hydrogens is 328 g/mol. The van der Waals surface area contributed by atoms with Gasteiger partial charge in [-0.15, -0.1) is 6.42 Å². The highest BCUT2D eigenvalue weighted by Crippen LogP contribution is 2.18. The second-order valence-electron chi connectivity index (χ2n) is 5.59. The van der Waals surface area contributed by atoms with Gasteiger partial charge in [0.25, 0.3) is 5.91 Å². The Bertz CT molecular complexity index is 893. The van der Waals surface area contributed by atoms with Crippen molar-refractivity contribution in [2.24, 2.45) is 0 Å². The van der Waals surface area contributed by atoms with Gasteiger partial charge in [-0.2, -0.15) is 0 Å². The molecule has 0 unspecified atom stereocenters. The summed E-state index contributed by atoms with van der Waals surface area (Å²) in [6.07, 6.45) is 5.85. The van der Waals surface area contributed by atoms with Crippen molar-refractivity contribution >= 4 is 5.91 Å². The van der Waals surface area contributed by atoms with E-state index in [1.807, 2.05) is 54.6 Å². The van der Waals surface area contributed by atoms with Crippen LogP contribution in [-0.4, -0.2) is 24.2 Å². The topological polar surface area (TPSA) is 64.4 Å². The summed E-state index contributed by atoms with van der Waals surface area (Å²) in [6.45, 7) is 0.738. The van der Waals surface area contributed by atoms with E-state index in [4.69, 9.17) is 15.7 Å². The van der Waals surface area contributed by atoms with Crippen molar-refractivity contribution in [3.05, 3.63) is 72.0 Å². The lowest BCUT2D eigenvalue weighted by atomic mass is 10.1. The summed E-state index contributed by atoms with van der Waals surface area (Å²) in [7, 11) is 0. The molecule has 1 N–H and O–H groups in total. The van der Waals surface area contributed by atoms with E-state index in [0.717, 1.165) is 16.9 Å². The Balaban J connectivity index is 1.50. The van der Waals surface area contributed by atoms with Crippen LogP contribution in [0, 0.1) is 12.3 Å². The molecule has 0 fully saturated rings. The van der Waals surface area contributed by atoms with Crippen LogP contribution >= 0.6 is 0 Å². The Morgan fingerprint density at radius 1 is 1.15 bits per heavy atom. The SMILES string of the molecule is C#CCOc1ccc(CCNC(=O)c2cc(-c3ccccc3)no2)cc1. The Morgan fingerprint density at radius 2 is 1.92 bits per heavy atom. The second kappa shape index (κ2) is 8.54. The van der Waals surface area contributed by atoms with E-state index in [-0.39, 0.29) is 18.3 Å². The van der Waals surface area contributed by atoms with E-state index < -0.39 is 0 Å². The van der Waals surface area contributed by atoms with Gasteiger partial charge in [0, 0.05) is 18.2 Å². The van der Waals surface area contributed by atoms with Crippen LogP contribution in [0.2, 0.25) is 0 Å². The molecule has 3 aromatic rings. The normalized spacial score (nSPS) is 10.1. The van der Waals surface area contributed by atoms with Crippen LogP contribution in [0.3, 0.4) is 0 Å². The maximum atomic E-state index is 12.2. The molecule has 3 rings (SSSR count). The third kappa shape index (κ3) is 4.52. The zero-order chi connectivity index (χ0) is 18.2. The van der Waals surface area contributed by atoms with Crippen LogP contribution in [0.4, 0.5) is 0 Å². The van der Waals surface area contributed by atoms with Gasteiger partial charge in [-0.25, -0.2) is 0 Å². The number of amides is 1. The molecule has 0 aliphatic heterocycles. The average molecular weight is 346 g/mol. The summed E-state index contributed by atoms with van der Waals surface area (Å²) < 4.78 is 10.5. The molecule has 1 heterocycles. The van der Waals surface area contributed by atoms with Crippen molar-refractivity contribution < 1.29 is 14.1 Å². The Morgan fingerprint density at radius 3 is 2.65 bits per heavy atom. The predicted molar refractivity (Wildman–Crippen MR) is 98.7 cm³/mol. The van der Waals surface area contributed by atoms with Crippen molar-refractivity contribution in [3.63, 3.8) is 0 Å². The number of ether oxygens (including phenoxy) is 1. The van der Waals surface area contributed by atoms with Crippen molar-refractivity contribution in [1.82, 2.24) is 10.5 Å². The highest BCUT2D eigenvalue weighted by Gasteiger charge is 2.13. The largest absolute Gasteiger partial charge is 0.481 e. The average Bonchev–Trinajstić information content (AvgIpc) is 3.18. The van der Waals surface area contributed by atoms with Gasteiger partial charge in [-0.3, -0.25) is 4.79 Å². The van der Waals surface area contributed by atoms with Crippen LogP contribution < -0.4 is 10.1 Å². The quantitative estimate of drug-likeness (QED) is 0.667. The summed E-state index contributed by atoms with van der Waals surface area (Å²) in [5.41, 5.74) is 2.63. The molecule has 1 amide bonds.